The average Bonchev–Trinajstić information content (AvgIpc) is 2.64. The van der Waals surface area contributed by atoms with Crippen molar-refractivity contribution < 1.29 is 19.1 Å². The Kier molecular flexibility index (Phi) is 5.45. The van der Waals surface area contributed by atoms with Gasteiger partial charge in [-0.1, -0.05) is 30.3 Å². The van der Waals surface area contributed by atoms with Gasteiger partial charge in [-0.25, -0.2) is 0 Å². The summed E-state index contributed by atoms with van der Waals surface area (Å²) in [5.74, 6) is 0.110. The molecular weight excluding hydrogens is 390 g/mol. The molecule has 0 radical (unpaired) electrons. The highest BCUT2D eigenvalue weighted by molar-refractivity contribution is 6.24. The largest absolute Gasteiger partial charge is 0.455 e. The molecule has 5 nitrogen and oxygen atoms in total. The number of benzene rings is 1. The number of hydrogen-bond donors (Lipinski definition) is 1. The van der Waals surface area contributed by atoms with Crippen LogP contribution in [0, 0.1) is 17.3 Å². The first-order valence-electron chi connectivity index (χ1n) is 10.5. The second kappa shape index (κ2) is 7.75. The molecule has 4 fully saturated rings. The first-order valence-corrected chi connectivity index (χ1v) is 10.8. The Labute approximate surface area is 176 Å². The number of carbonyl (C=O) groups is 3. The fraction of sp³-hybridized carbons (Fsp3) is 0.609. The number of Topliss-reactive ketones (excluding diaryl/α,β-unsaturated/α-hetero) is 1. The second-order valence-electron chi connectivity index (χ2n) is 9.39. The summed E-state index contributed by atoms with van der Waals surface area (Å²) < 4.78 is 5.44. The number of ketones is 1. The lowest BCUT2D eigenvalue weighted by atomic mass is 9.49. The van der Waals surface area contributed by atoms with Crippen molar-refractivity contribution >= 4 is 29.3 Å². The highest BCUT2D eigenvalue weighted by atomic mass is 35.5. The quantitative estimate of drug-likeness (QED) is 0.545. The molecule has 1 aromatic carbocycles. The lowest BCUT2D eigenvalue weighted by molar-refractivity contribution is -0.171. The third kappa shape index (κ3) is 4.35. The highest BCUT2D eigenvalue weighted by Crippen LogP contribution is 2.64. The number of nitrogens with one attached hydrogen (secondary N) is 1. The van der Waals surface area contributed by atoms with E-state index in [1.807, 2.05) is 30.3 Å². The van der Waals surface area contributed by atoms with E-state index in [4.69, 9.17) is 16.3 Å². The monoisotopic (exact) mass is 417 g/mol. The van der Waals surface area contributed by atoms with Crippen LogP contribution in [0.5, 0.6) is 0 Å². The van der Waals surface area contributed by atoms with Crippen LogP contribution in [0.1, 0.15) is 51.0 Å². The van der Waals surface area contributed by atoms with Gasteiger partial charge >= 0.3 is 5.97 Å². The fourth-order valence-electron chi connectivity index (χ4n) is 6.06. The zero-order valence-corrected chi connectivity index (χ0v) is 17.5. The Bertz CT molecular complexity index is 794. The molecule has 0 saturated heterocycles. The average molecular weight is 418 g/mol. The van der Waals surface area contributed by atoms with Crippen molar-refractivity contribution in [3.63, 3.8) is 0 Å². The van der Waals surface area contributed by atoms with E-state index in [1.54, 1.807) is 0 Å². The molecule has 0 spiro atoms. The van der Waals surface area contributed by atoms with Crippen molar-refractivity contribution in [2.24, 2.45) is 17.3 Å². The van der Waals surface area contributed by atoms with E-state index in [0.717, 1.165) is 37.7 Å². The van der Waals surface area contributed by atoms with Gasteiger partial charge in [0.25, 0.3) is 5.91 Å². The molecule has 2 unspecified atom stereocenters. The van der Waals surface area contributed by atoms with Crippen LogP contribution in [0.15, 0.2) is 30.3 Å². The number of hydrogen-bond acceptors (Lipinski definition) is 4. The number of esters is 1. The SMILES string of the molecule is CC(=O)[C@@H](Cc1ccccc1)NC(=O)COC(=O)C12C[C@@H]3C[C@@H](CC(Cl)(C3)C1)C2. The fourth-order valence-corrected chi connectivity index (χ4v) is 6.75. The van der Waals surface area contributed by atoms with Crippen molar-refractivity contribution in [3.8, 4) is 0 Å². The number of rotatable bonds is 7. The molecule has 0 aromatic heterocycles. The second-order valence-corrected chi connectivity index (χ2v) is 10.2. The Morgan fingerprint density at radius 3 is 2.38 bits per heavy atom. The molecule has 4 bridgehead atoms. The van der Waals surface area contributed by atoms with Gasteiger partial charge in [0, 0.05) is 4.87 Å². The Balaban J connectivity index is 1.33. The van der Waals surface area contributed by atoms with E-state index in [0.29, 0.717) is 24.7 Å². The molecule has 5 rings (SSSR count). The van der Waals surface area contributed by atoms with E-state index < -0.39 is 17.4 Å². The van der Waals surface area contributed by atoms with Gasteiger partial charge in [0.05, 0.1) is 11.5 Å². The number of halogens is 1. The normalized spacial score (nSPS) is 33.2. The van der Waals surface area contributed by atoms with Crippen molar-refractivity contribution in [3.05, 3.63) is 35.9 Å². The first kappa shape index (κ1) is 20.4. The topological polar surface area (TPSA) is 72.5 Å². The third-order valence-electron chi connectivity index (χ3n) is 6.87. The van der Waals surface area contributed by atoms with Crippen LogP contribution in [-0.4, -0.2) is 35.2 Å². The highest BCUT2D eigenvalue weighted by Gasteiger charge is 2.60. The van der Waals surface area contributed by atoms with Gasteiger partial charge < -0.3 is 10.1 Å². The summed E-state index contributed by atoms with van der Waals surface area (Å²) in [6.45, 7) is 1.10. The summed E-state index contributed by atoms with van der Waals surface area (Å²) in [5, 5.41) is 2.71. The zero-order valence-electron chi connectivity index (χ0n) is 16.8. The van der Waals surface area contributed by atoms with E-state index in [1.165, 1.54) is 6.92 Å². The summed E-state index contributed by atoms with van der Waals surface area (Å²) in [6.07, 6.45) is 5.84. The van der Waals surface area contributed by atoms with Crippen molar-refractivity contribution in [1.82, 2.24) is 5.32 Å². The molecule has 6 heteroatoms. The molecule has 0 aliphatic heterocycles. The van der Waals surface area contributed by atoms with Gasteiger partial charge in [0.2, 0.25) is 0 Å². The van der Waals surface area contributed by atoms with Crippen molar-refractivity contribution in [2.75, 3.05) is 6.61 Å². The summed E-state index contributed by atoms with van der Waals surface area (Å²) >= 11 is 6.78. The molecule has 0 heterocycles. The standard InChI is InChI=1S/C23H28ClNO4/c1-15(26)19(8-16-5-3-2-4-6-16)25-20(27)13-29-21(28)22-9-17-7-18(10-22)12-23(24,11-17)14-22/h2-6,17-19H,7-14H2,1H3,(H,25,27)/t17-,18+,19-,22?,23?/m1/s1. The summed E-state index contributed by atoms with van der Waals surface area (Å²) in [4.78, 5) is 37.0. The van der Waals surface area contributed by atoms with Crippen LogP contribution >= 0.6 is 11.6 Å². The maximum absolute atomic E-state index is 12.9. The number of ether oxygens (including phenoxy) is 1. The minimum atomic E-state index is -0.630. The first-order chi connectivity index (χ1) is 13.8. The molecule has 1 amide bonds. The molecule has 4 aliphatic carbocycles. The van der Waals surface area contributed by atoms with Crippen LogP contribution in [0.3, 0.4) is 0 Å². The smallest absolute Gasteiger partial charge is 0.312 e. The molecule has 4 saturated carbocycles. The van der Waals surface area contributed by atoms with Crippen LogP contribution in [-0.2, 0) is 25.5 Å². The molecule has 5 atom stereocenters. The Hall–Kier alpha value is -1.88. The van der Waals surface area contributed by atoms with Crippen LogP contribution in [0.4, 0.5) is 0 Å². The Morgan fingerprint density at radius 1 is 1.14 bits per heavy atom. The number of carbonyl (C=O) groups excluding carboxylic acids is 3. The van der Waals surface area contributed by atoms with Gasteiger partial charge in [-0.2, -0.15) is 0 Å². The number of amides is 1. The predicted octanol–water partition coefficient (Wildman–Crippen LogP) is 3.42. The van der Waals surface area contributed by atoms with Gasteiger partial charge in [-0.15, -0.1) is 11.6 Å². The van der Waals surface area contributed by atoms with E-state index in [2.05, 4.69) is 5.32 Å². The zero-order chi connectivity index (χ0) is 20.6. The van der Waals surface area contributed by atoms with Crippen molar-refractivity contribution in [1.29, 1.82) is 0 Å². The van der Waals surface area contributed by atoms with Gasteiger partial charge in [0.1, 0.15) is 0 Å². The minimum Gasteiger partial charge on any atom is -0.455 e. The maximum Gasteiger partial charge on any atom is 0.312 e. The third-order valence-corrected chi connectivity index (χ3v) is 7.31. The number of alkyl halides is 1. The molecular formula is C23H28ClNO4. The van der Waals surface area contributed by atoms with Gasteiger partial charge in [-0.3, -0.25) is 14.4 Å². The molecule has 4 aliphatic rings. The maximum atomic E-state index is 12.9. The predicted molar refractivity (Wildman–Crippen MR) is 109 cm³/mol. The molecule has 156 valence electrons. The summed E-state index contributed by atoms with van der Waals surface area (Å²) in [5.41, 5.74) is 0.432. The van der Waals surface area contributed by atoms with Gasteiger partial charge in [0.15, 0.2) is 12.4 Å². The molecule has 29 heavy (non-hydrogen) atoms. The minimum absolute atomic E-state index is 0.126. The van der Waals surface area contributed by atoms with E-state index in [-0.39, 0.29) is 23.2 Å². The lowest BCUT2D eigenvalue weighted by Crippen LogP contribution is -2.56. The van der Waals surface area contributed by atoms with E-state index in [9.17, 15) is 14.4 Å². The van der Waals surface area contributed by atoms with Crippen LogP contribution in [0.2, 0.25) is 0 Å². The van der Waals surface area contributed by atoms with Crippen LogP contribution in [0.25, 0.3) is 0 Å². The summed E-state index contributed by atoms with van der Waals surface area (Å²) in [7, 11) is 0. The summed E-state index contributed by atoms with van der Waals surface area (Å²) in [6, 6.07) is 8.89. The van der Waals surface area contributed by atoms with E-state index >= 15 is 0 Å². The van der Waals surface area contributed by atoms with Crippen LogP contribution < -0.4 is 5.32 Å². The Morgan fingerprint density at radius 2 is 1.79 bits per heavy atom. The van der Waals surface area contributed by atoms with Crippen molar-refractivity contribution in [2.45, 2.75) is 62.8 Å². The molecule has 1 aromatic rings. The lowest BCUT2D eigenvalue weighted by Gasteiger charge is -2.58. The van der Waals surface area contributed by atoms with Gasteiger partial charge in [-0.05, 0) is 69.3 Å². The molecule has 1 N–H and O–H groups in total.